The topological polar surface area (TPSA) is 43.8 Å². The number of rotatable bonds is 6. The molecule has 1 fully saturated rings. The van der Waals surface area contributed by atoms with Crippen molar-refractivity contribution in [2.45, 2.75) is 60.5 Å². The van der Waals surface area contributed by atoms with Crippen LogP contribution >= 0.6 is 0 Å². The summed E-state index contributed by atoms with van der Waals surface area (Å²) in [6.45, 7) is 17.1. The fourth-order valence-corrected chi connectivity index (χ4v) is 3.03. The predicted molar refractivity (Wildman–Crippen MR) is 87.2 cm³/mol. The fraction of sp³-hybridized carbons (Fsp3) is 0.941. The number of carbonyl (C=O) groups is 1. The number of likely N-dealkylation sites (tertiary alicyclic amines) is 1. The van der Waals surface area contributed by atoms with Crippen LogP contribution in [0.15, 0.2) is 0 Å². The molecular formula is C17H34N2O2. The lowest BCUT2D eigenvalue weighted by molar-refractivity contribution is -0.129. The van der Waals surface area contributed by atoms with Gasteiger partial charge in [0.2, 0.25) is 5.91 Å². The number of aliphatic hydroxyl groups excluding tert-OH is 1. The largest absolute Gasteiger partial charge is 0.390 e. The van der Waals surface area contributed by atoms with E-state index < -0.39 is 6.10 Å². The van der Waals surface area contributed by atoms with Gasteiger partial charge in [-0.15, -0.1) is 0 Å². The highest BCUT2D eigenvalue weighted by Crippen LogP contribution is 2.21. The highest BCUT2D eigenvalue weighted by molar-refractivity contribution is 5.78. The first-order valence-corrected chi connectivity index (χ1v) is 8.14. The van der Waals surface area contributed by atoms with Gasteiger partial charge in [0.1, 0.15) is 0 Å². The van der Waals surface area contributed by atoms with Gasteiger partial charge in [0.05, 0.1) is 6.10 Å². The van der Waals surface area contributed by atoms with Crippen LogP contribution in [-0.4, -0.2) is 59.6 Å². The molecule has 0 aromatic heterocycles. The van der Waals surface area contributed by atoms with Crippen molar-refractivity contribution < 1.29 is 9.90 Å². The molecule has 0 aromatic rings. The molecule has 1 aliphatic heterocycles. The highest BCUT2D eigenvalue weighted by Gasteiger charge is 2.26. The Labute approximate surface area is 130 Å². The Morgan fingerprint density at radius 1 is 1.14 bits per heavy atom. The maximum absolute atomic E-state index is 11.7. The van der Waals surface area contributed by atoms with Gasteiger partial charge in [0.15, 0.2) is 0 Å². The lowest BCUT2D eigenvalue weighted by Crippen LogP contribution is -2.45. The van der Waals surface area contributed by atoms with Crippen LogP contribution in [0.5, 0.6) is 0 Å². The Morgan fingerprint density at radius 2 is 1.67 bits per heavy atom. The molecule has 1 rings (SSSR count). The van der Waals surface area contributed by atoms with E-state index in [4.69, 9.17) is 0 Å². The van der Waals surface area contributed by atoms with Crippen LogP contribution in [0.4, 0.5) is 0 Å². The molecule has 0 spiro atoms. The Hall–Kier alpha value is -0.610. The van der Waals surface area contributed by atoms with E-state index in [-0.39, 0.29) is 16.7 Å². The summed E-state index contributed by atoms with van der Waals surface area (Å²) in [7, 11) is 0. The van der Waals surface area contributed by atoms with Gasteiger partial charge >= 0.3 is 0 Å². The normalized spacial score (nSPS) is 18.7. The summed E-state index contributed by atoms with van der Waals surface area (Å²) in [6, 6.07) is 0. The number of hydrogen-bond donors (Lipinski definition) is 1. The van der Waals surface area contributed by atoms with Gasteiger partial charge in [-0.3, -0.25) is 9.69 Å². The van der Waals surface area contributed by atoms with Gasteiger partial charge < -0.3 is 10.0 Å². The number of β-amino-alcohol motifs (C(OH)–C–C–N with tert-alkyl or cyclic N) is 1. The summed E-state index contributed by atoms with van der Waals surface area (Å²) in [6.07, 6.45) is 1.11. The number of amides is 1. The Bertz CT molecular complexity index is 326. The number of hydrogen-bond acceptors (Lipinski definition) is 3. The zero-order valence-electron chi connectivity index (χ0n) is 14.8. The second kappa shape index (κ2) is 7.10. The van der Waals surface area contributed by atoms with Crippen molar-refractivity contribution in [2.24, 2.45) is 10.8 Å². The predicted octanol–water partition coefficient (Wildman–Crippen LogP) is 2.36. The third-order valence-corrected chi connectivity index (χ3v) is 3.47. The second-order valence-corrected chi connectivity index (χ2v) is 8.89. The first-order valence-electron chi connectivity index (χ1n) is 8.14. The van der Waals surface area contributed by atoms with Crippen molar-refractivity contribution in [3.05, 3.63) is 0 Å². The van der Waals surface area contributed by atoms with Crippen LogP contribution in [0, 0.1) is 10.8 Å². The zero-order valence-corrected chi connectivity index (χ0v) is 14.8. The van der Waals surface area contributed by atoms with Crippen molar-refractivity contribution in [1.29, 1.82) is 0 Å². The molecule has 0 saturated carbocycles. The van der Waals surface area contributed by atoms with E-state index in [1.807, 2.05) is 0 Å². The molecule has 4 nitrogen and oxygen atoms in total. The van der Waals surface area contributed by atoms with Crippen LogP contribution in [0.1, 0.15) is 54.4 Å². The minimum atomic E-state index is -0.461. The van der Waals surface area contributed by atoms with Gasteiger partial charge in [0.25, 0.3) is 0 Å². The van der Waals surface area contributed by atoms with E-state index in [0.29, 0.717) is 19.5 Å². The van der Waals surface area contributed by atoms with E-state index in [1.54, 1.807) is 4.90 Å². The van der Waals surface area contributed by atoms with Gasteiger partial charge in [-0.2, -0.15) is 0 Å². The maximum atomic E-state index is 11.7. The first kappa shape index (κ1) is 18.4. The molecule has 1 N–H and O–H groups in total. The van der Waals surface area contributed by atoms with Gasteiger partial charge in [-0.05, 0) is 17.3 Å². The van der Waals surface area contributed by atoms with Crippen molar-refractivity contribution in [3.8, 4) is 0 Å². The molecule has 1 amide bonds. The SMILES string of the molecule is CC(C)(C)CN(CC(O)CN1CCCC1=O)CC(C)(C)C. The summed E-state index contributed by atoms with van der Waals surface area (Å²) < 4.78 is 0. The van der Waals surface area contributed by atoms with Crippen molar-refractivity contribution in [2.75, 3.05) is 32.7 Å². The third kappa shape index (κ3) is 7.82. The number of nitrogens with zero attached hydrogens (tertiary/aromatic N) is 2. The van der Waals surface area contributed by atoms with E-state index >= 15 is 0 Å². The average Bonchev–Trinajstić information content (AvgIpc) is 2.58. The van der Waals surface area contributed by atoms with Crippen molar-refractivity contribution >= 4 is 5.91 Å². The standard InChI is InChI=1S/C17H34N2O2/c1-16(2,3)12-18(13-17(4,5)6)10-14(20)11-19-9-7-8-15(19)21/h14,20H,7-13H2,1-6H3. The second-order valence-electron chi connectivity index (χ2n) is 8.89. The van der Waals surface area contributed by atoms with Crippen LogP contribution in [0.3, 0.4) is 0 Å². The lowest BCUT2D eigenvalue weighted by Gasteiger charge is -2.36. The summed E-state index contributed by atoms with van der Waals surface area (Å²) in [5.41, 5.74) is 0.406. The number of carbonyl (C=O) groups excluding carboxylic acids is 1. The van der Waals surface area contributed by atoms with Gasteiger partial charge in [-0.1, -0.05) is 41.5 Å². The molecule has 1 unspecified atom stereocenters. The lowest BCUT2D eigenvalue weighted by atomic mass is 9.92. The maximum Gasteiger partial charge on any atom is 0.222 e. The molecule has 124 valence electrons. The molecule has 1 heterocycles. The molecule has 0 radical (unpaired) electrons. The van der Waals surface area contributed by atoms with E-state index in [9.17, 15) is 9.90 Å². The highest BCUT2D eigenvalue weighted by atomic mass is 16.3. The first-order chi connectivity index (χ1) is 9.46. The summed E-state index contributed by atoms with van der Waals surface area (Å²) in [5, 5.41) is 10.4. The summed E-state index contributed by atoms with van der Waals surface area (Å²) in [5.74, 6) is 0.187. The monoisotopic (exact) mass is 298 g/mol. The number of aliphatic hydroxyl groups is 1. The Balaban J connectivity index is 2.55. The molecule has 4 heteroatoms. The molecule has 21 heavy (non-hydrogen) atoms. The zero-order chi connectivity index (χ0) is 16.3. The van der Waals surface area contributed by atoms with Crippen LogP contribution in [0.25, 0.3) is 0 Å². The van der Waals surface area contributed by atoms with Crippen molar-refractivity contribution in [3.63, 3.8) is 0 Å². The molecular weight excluding hydrogens is 264 g/mol. The third-order valence-electron chi connectivity index (χ3n) is 3.47. The smallest absolute Gasteiger partial charge is 0.222 e. The molecule has 1 saturated heterocycles. The minimum absolute atomic E-state index is 0.187. The van der Waals surface area contributed by atoms with Crippen LogP contribution in [-0.2, 0) is 4.79 Å². The summed E-state index contributed by atoms with van der Waals surface area (Å²) >= 11 is 0. The fourth-order valence-electron chi connectivity index (χ4n) is 3.03. The average molecular weight is 298 g/mol. The van der Waals surface area contributed by atoms with Gasteiger partial charge in [-0.25, -0.2) is 0 Å². The molecule has 0 aliphatic carbocycles. The Kier molecular flexibility index (Phi) is 6.23. The van der Waals surface area contributed by atoms with Crippen LogP contribution < -0.4 is 0 Å². The van der Waals surface area contributed by atoms with E-state index in [2.05, 4.69) is 46.4 Å². The van der Waals surface area contributed by atoms with E-state index in [1.165, 1.54) is 0 Å². The summed E-state index contributed by atoms with van der Waals surface area (Å²) in [4.78, 5) is 15.8. The Morgan fingerprint density at radius 3 is 2.05 bits per heavy atom. The van der Waals surface area contributed by atoms with Crippen molar-refractivity contribution in [1.82, 2.24) is 9.80 Å². The quantitative estimate of drug-likeness (QED) is 0.819. The molecule has 1 aliphatic rings. The van der Waals surface area contributed by atoms with Gasteiger partial charge in [0, 0.05) is 39.1 Å². The van der Waals surface area contributed by atoms with E-state index in [0.717, 1.165) is 26.1 Å². The minimum Gasteiger partial charge on any atom is -0.390 e. The molecule has 0 aromatic carbocycles. The van der Waals surface area contributed by atoms with Crippen LogP contribution in [0.2, 0.25) is 0 Å². The molecule has 1 atom stereocenters. The molecule has 0 bridgehead atoms.